The third-order valence-corrected chi connectivity index (χ3v) is 2.86. The number of nitrogens with zero attached hydrogens (tertiary/aromatic N) is 3. The van der Waals surface area contributed by atoms with Crippen LogP contribution in [0.2, 0.25) is 0 Å². The Labute approximate surface area is 105 Å². The number of anilines is 1. The third-order valence-electron chi connectivity index (χ3n) is 2.86. The molecule has 0 fully saturated rings. The van der Waals surface area contributed by atoms with Crippen LogP contribution in [0.25, 0.3) is 5.65 Å². The van der Waals surface area contributed by atoms with Crippen LogP contribution < -0.4 is 5.73 Å². The van der Waals surface area contributed by atoms with E-state index in [0.29, 0.717) is 0 Å². The lowest BCUT2D eigenvalue weighted by Crippen LogP contribution is -1.93. The number of hydrogen-bond donors (Lipinski definition) is 1. The first-order chi connectivity index (χ1) is 8.70. The molecule has 0 bridgehead atoms. The molecule has 2 heterocycles. The van der Waals surface area contributed by atoms with Gasteiger partial charge in [-0.25, -0.2) is 9.50 Å². The van der Waals surface area contributed by atoms with E-state index in [4.69, 9.17) is 5.73 Å². The van der Waals surface area contributed by atoms with Gasteiger partial charge in [0.25, 0.3) is 0 Å². The van der Waals surface area contributed by atoms with Crippen molar-refractivity contribution in [2.75, 3.05) is 5.73 Å². The Balaban J connectivity index is 1.92. The number of benzene rings is 1. The Morgan fingerprint density at radius 3 is 2.67 bits per heavy atom. The molecule has 3 aromatic rings. The molecule has 0 amide bonds. The van der Waals surface area contributed by atoms with Crippen molar-refractivity contribution < 1.29 is 0 Å². The Kier molecular flexibility index (Phi) is 2.48. The van der Waals surface area contributed by atoms with E-state index in [-0.39, 0.29) is 0 Å². The van der Waals surface area contributed by atoms with Crippen molar-refractivity contribution in [1.29, 1.82) is 0 Å². The van der Waals surface area contributed by atoms with Crippen LogP contribution in [0.1, 0.15) is 17.0 Å². The number of rotatable bonds is 2. The highest BCUT2D eigenvalue weighted by Gasteiger charge is 2.04. The molecule has 0 spiro atoms. The first kappa shape index (κ1) is 10.8. The van der Waals surface area contributed by atoms with E-state index >= 15 is 0 Å². The molecule has 3 rings (SSSR count). The van der Waals surface area contributed by atoms with E-state index in [1.165, 1.54) is 5.56 Å². The van der Waals surface area contributed by atoms with Crippen LogP contribution in [0.5, 0.6) is 0 Å². The quantitative estimate of drug-likeness (QED) is 0.696. The van der Waals surface area contributed by atoms with Crippen LogP contribution in [0.4, 0.5) is 5.69 Å². The zero-order valence-electron chi connectivity index (χ0n) is 10.2. The van der Waals surface area contributed by atoms with Gasteiger partial charge in [0, 0.05) is 18.3 Å². The summed E-state index contributed by atoms with van der Waals surface area (Å²) in [5, 5.41) is 4.47. The van der Waals surface area contributed by atoms with Gasteiger partial charge in [-0.2, -0.15) is 5.10 Å². The SMILES string of the molecule is Cc1ccc2nc(Cc3ccc(N)cc3)nn2c1. The standard InChI is InChI=1S/C14H14N4/c1-10-2-7-14-16-13(17-18(14)9-10)8-11-3-5-12(15)6-4-11/h2-7,9H,8,15H2,1H3. The minimum atomic E-state index is 0.723. The van der Waals surface area contributed by atoms with Gasteiger partial charge in [-0.15, -0.1) is 0 Å². The molecule has 4 nitrogen and oxygen atoms in total. The van der Waals surface area contributed by atoms with Gasteiger partial charge in [0.05, 0.1) is 0 Å². The first-order valence-corrected chi connectivity index (χ1v) is 5.87. The van der Waals surface area contributed by atoms with E-state index in [1.807, 2.05) is 54.0 Å². The predicted molar refractivity (Wildman–Crippen MR) is 71.4 cm³/mol. The molecular weight excluding hydrogens is 224 g/mol. The van der Waals surface area contributed by atoms with Crippen LogP contribution in [0, 0.1) is 6.92 Å². The summed E-state index contributed by atoms with van der Waals surface area (Å²) in [4.78, 5) is 4.49. The average molecular weight is 238 g/mol. The molecule has 0 radical (unpaired) electrons. The van der Waals surface area contributed by atoms with Crippen molar-refractivity contribution >= 4 is 11.3 Å². The summed E-state index contributed by atoms with van der Waals surface area (Å²) in [6, 6.07) is 11.8. The second-order valence-electron chi connectivity index (χ2n) is 4.46. The molecule has 18 heavy (non-hydrogen) atoms. The number of fused-ring (bicyclic) bond motifs is 1. The normalized spacial score (nSPS) is 10.9. The molecule has 2 N–H and O–H groups in total. The monoisotopic (exact) mass is 238 g/mol. The Hall–Kier alpha value is -2.36. The van der Waals surface area contributed by atoms with Gasteiger partial charge in [-0.05, 0) is 36.2 Å². The maximum absolute atomic E-state index is 5.66. The summed E-state index contributed by atoms with van der Waals surface area (Å²) < 4.78 is 1.82. The summed E-state index contributed by atoms with van der Waals surface area (Å²) >= 11 is 0. The molecule has 0 aliphatic heterocycles. The van der Waals surface area contributed by atoms with E-state index in [0.717, 1.165) is 29.1 Å². The van der Waals surface area contributed by atoms with Gasteiger partial charge < -0.3 is 5.73 Å². The number of aryl methyl sites for hydroxylation is 1. The largest absolute Gasteiger partial charge is 0.399 e. The van der Waals surface area contributed by atoms with Crippen molar-refractivity contribution in [3.05, 3.63) is 59.5 Å². The molecule has 90 valence electrons. The van der Waals surface area contributed by atoms with Crippen LogP contribution in [-0.2, 0) is 6.42 Å². The van der Waals surface area contributed by atoms with Crippen molar-refractivity contribution in [1.82, 2.24) is 14.6 Å². The zero-order chi connectivity index (χ0) is 12.5. The van der Waals surface area contributed by atoms with Crippen molar-refractivity contribution in [2.45, 2.75) is 13.3 Å². The van der Waals surface area contributed by atoms with Gasteiger partial charge in [0.2, 0.25) is 0 Å². The zero-order valence-corrected chi connectivity index (χ0v) is 10.2. The molecule has 2 aromatic heterocycles. The molecule has 0 aliphatic carbocycles. The summed E-state index contributed by atoms with van der Waals surface area (Å²) in [5.41, 5.74) is 9.65. The lowest BCUT2D eigenvalue weighted by atomic mass is 10.1. The number of aromatic nitrogens is 3. The van der Waals surface area contributed by atoms with Crippen molar-refractivity contribution in [2.24, 2.45) is 0 Å². The van der Waals surface area contributed by atoms with Gasteiger partial charge in [0.15, 0.2) is 11.5 Å². The highest BCUT2D eigenvalue weighted by Crippen LogP contribution is 2.11. The molecule has 0 saturated carbocycles. The molecule has 1 aromatic carbocycles. The number of nitrogen functional groups attached to an aromatic ring is 1. The van der Waals surface area contributed by atoms with Crippen LogP contribution in [0.15, 0.2) is 42.6 Å². The second kappa shape index (κ2) is 4.14. The number of hydrogen-bond acceptors (Lipinski definition) is 3. The highest BCUT2D eigenvalue weighted by molar-refractivity contribution is 5.41. The van der Waals surface area contributed by atoms with Gasteiger partial charge in [-0.3, -0.25) is 0 Å². The highest BCUT2D eigenvalue weighted by atomic mass is 15.3. The summed E-state index contributed by atoms with van der Waals surface area (Å²) in [6.45, 7) is 2.04. The lowest BCUT2D eigenvalue weighted by molar-refractivity contribution is 0.895. The summed E-state index contributed by atoms with van der Waals surface area (Å²) in [5.74, 6) is 0.824. The van der Waals surface area contributed by atoms with Crippen LogP contribution >= 0.6 is 0 Å². The smallest absolute Gasteiger partial charge is 0.156 e. The summed E-state index contributed by atoms with van der Waals surface area (Å²) in [6.07, 6.45) is 2.70. The van der Waals surface area contributed by atoms with Crippen molar-refractivity contribution in [3.8, 4) is 0 Å². The Bertz CT molecular complexity index is 683. The Morgan fingerprint density at radius 2 is 1.89 bits per heavy atom. The molecule has 0 atom stereocenters. The molecule has 4 heteroatoms. The third kappa shape index (κ3) is 2.05. The van der Waals surface area contributed by atoms with Crippen LogP contribution in [0.3, 0.4) is 0 Å². The maximum Gasteiger partial charge on any atom is 0.156 e. The molecular formula is C14H14N4. The number of nitrogens with two attached hydrogens (primary N) is 1. The molecule has 0 unspecified atom stereocenters. The fraction of sp³-hybridized carbons (Fsp3) is 0.143. The minimum Gasteiger partial charge on any atom is -0.399 e. The topological polar surface area (TPSA) is 56.2 Å². The van der Waals surface area contributed by atoms with E-state index in [1.54, 1.807) is 0 Å². The fourth-order valence-electron chi connectivity index (χ4n) is 1.92. The maximum atomic E-state index is 5.66. The van der Waals surface area contributed by atoms with E-state index in [9.17, 15) is 0 Å². The average Bonchev–Trinajstić information content (AvgIpc) is 2.73. The molecule has 0 aliphatic rings. The second-order valence-corrected chi connectivity index (χ2v) is 4.46. The van der Waals surface area contributed by atoms with Gasteiger partial charge in [-0.1, -0.05) is 18.2 Å². The van der Waals surface area contributed by atoms with E-state index < -0.39 is 0 Å². The van der Waals surface area contributed by atoms with E-state index in [2.05, 4.69) is 10.1 Å². The fourth-order valence-corrected chi connectivity index (χ4v) is 1.92. The van der Waals surface area contributed by atoms with Gasteiger partial charge >= 0.3 is 0 Å². The van der Waals surface area contributed by atoms with Crippen LogP contribution in [-0.4, -0.2) is 14.6 Å². The van der Waals surface area contributed by atoms with Gasteiger partial charge in [0.1, 0.15) is 0 Å². The number of pyridine rings is 1. The minimum absolute atomic E-state index is 0.723. The summed E-state index contributed by atoms with van der Waals surface area (Å²) in [7, 11) is 0. The predicted octanol–water partition coefficient (Wildman–Crippen LogP) is 2.21. The molecule has 0 saturated heterocycles. The van der Waals surface area contributed by atoms with Crippen molar-refractivity contribution in [3.63, 3.8) is 0 Å². The lowest BCUT2D eigenvalue weighted by Gasteiger charge is -1.97. The first-order valence-electron chi connectivity index (χ1n) is 5.87. The Morgan fingerprint density at radius 1 is 1.11 bits per heavy atom.